The summed E-state index contributed by atoms with van der Waals surface area (Å²) in [5.41, 5.74) is 29.3. The predicted molar refractivity (Wildman–Crippen MR) is 286 cm³/mol. The zero-order valence-electron chi connectivity index (χ0n) is 39.8. The molecule has 0 N–H and O–H groups in total. The van der Waals surface area contributed by atoms with Gasteiger partial charge in [-0.3, -0.25) is 0 Å². The van der Waals surface area contributed by atoms with Crippen molar-refractivity contribution in [2.24, 2.45) is 0 Å². The number of fused-ring (bicyclic) bond motifs is 6. The van der Waals surface area contributed by atoms with E-state index in [4.69, 9.17) is 0 Å². The molecule has 0 bridgehead atoms. The molecule has 10 aromatic rings. The molecular weight excluding hydrogens is 817 g/mol. The third-order valence-electron chi connectivity index (χ3n) is 15.3. The van der Waals surface area contributed by atoms with E-state index in [0.29, 0.717) is 0 Å². The van der Waals surface area contributed by atoms with E-state index in [0.717, 1.165) is 0 Å². The molecule has 0 nitrogen and oxygen atoms in total. The minimum absolute atomic E-state index is 0.560. The van der Waals surface area contributed by atoms with Crippen LogP contribution in [-0.4, -0.2) is 0 Å². The van der Waals surface area contributed by atoms with Crippen LogP contribution in [0.2, 0.25) is 0 Å². The lowest BCUT2D eigenvalue weighted by Crippen LogP contribution is -2.29. The molecule has 326 valence electrons. The Hall–Kier alpha value is -7.80. The molecule has 0 saturated heterocycles. The number of hydrogen-bond acceptors (Lipinski definition) is 0. The molecule has 2 aliphatic rings. The third kappa shape index (κ3) is 6.42. The second kappa shape index (κ2) is 15.9. The first-order valence-electron chi connectivity index (χ1n) is 24.1. The molecule has 0 atom stereocenters. The van der Waals surface area contributed by atoms with Gasteiger partial charge in [0.1, 0.15) is 0 Å². The Labute approximate surface area is 402 Å². The first-order valence-corrected chi connectivity index (χ1v) is 24.1. The van der Waals surface area contributed by atoms with Gasteiger partial charge in [-0.05, 0) is 166 Å². The van der Waals surface area contributed by atoms with Gasteiger partial charge >= 0.3 is 0 Å². The van der Waals surface area contributed by atoms with Crippen LogP contribution in [0.25, 0.3) is 55.6 Å². The molecule has 0 aromatic heterocycles. The van der Waals surface area contributed by atoms with E-state index < -0.39 is 10.8 Å². The zero-order valence-corrected chi connectivity index (χ0v) is 39.8. The van der Waals surface area contributed by atoms with E-state index in [2.05, 4.69) is 260 Å². The van der Waals surface area contributed by atoms with Crippen LogP contribution >= 0.6 is 0 Å². The van der Waals surface area contributed by atoms with Gasteiger partial charge in [-0.15, -0.1) is 0 Å². The van der Waals surface area contributed by atoms with Crippen LogP contribution in [0.5, 0.6) is 0 Å². The van der Waals surface area contributed by atoms with Crippen LogP contribution in [0.3, 0.4) is 0 Å². The van der Waals surface area contributed by atoms with E-state index in [9.17, 15) is 0 Å². The molecule has 0 heterocycles. The van der Waals surface area contributed by atoms with Gasteiger partial charge in [-0.1, -0.05) is 228 Å². The molecule has 10 aromatic carbocycles. The minimum Gasteiger partial charge on any atom is -0.0590 e. The molecule has 0 saturated carbocycles. The van der Waals surface area contributed by atoms with Crippen LogP contribution < -0.4 is 0 Å². The van der Waals surface area contributed by atoms with Crippen molar-refractivity contribution in [3.05, 3.63) is 296 Å². The molecule has 0 radical (unpaired) electrons. The standard InChI is InChI=1S/C68H54/c1-43-7-19-49(20-8-43)51-23-35-59-61-37-25-53(41-65(61)67(63(59)39-51,55-27-11-45(3)12-28-55)56-29-13-46(4)14-30-56)54-26-38-62-60-36-24-52(50-21-9-44(2)10-22-50)40-64(60)68(66(62)42-54,57-31-15-47(5)16-32-57)58-33-17-48(6)18-34-58/h7-42H,1-6H3. The van der Waals surface area contributed by atoms with Gasteiger partial charge in [0.2, 0.25) is 0 Å². The summed E-state index contributed by atoms with van der Waals surface area (Å²) in [7, 11) is 0. The van der Waals surface area contributed by atoms with E-state index in [1.54, 1.807) is 0 Å². The number of rotatable bonds is 7. The summed E-state index contributed by atoms with van der Waals surface area (Å²) in [5.74, 6) is 0. The lowest BCUT2D eigenvalue weighted by molar-refractivity contribution is 0.767. The first-order chi connectivity index (χ1) is 33.1. The van der Waals surface area contributed by atoms with Crippen molar-refractivity contribution < 1.29 is 0 Å². The van der Waals surface area contributed by atoms with Gasteiger partial charge in [0.05, 0.1) is 10.8 Å². The second-order valence-corrected chi connectivity index (χ2v) is 19.7. The number of hydrogen-bond donors (Lipinski definition) is 0. The normalized spacial score (nSPS) is 13.7. The van der Waals surface area contributed by atoms with E-state index >= 15 is 0 Å². The van der Waals surface area contributed by atoms with Crippen molar-refractivity contribution in [2.45, 2.75) is 52.4 Å². The number of aryl methyl sites for hydroxylation is 6. The topological polar surface area (TPSA) is 0 Å². The molecule has 2 aliphatic carbocycles. The van der Waals surface area contributed by atoms with Crippen molar-refractivity contribution in [3.63, 3.8) is 0 Å². The quantitative estimate of drug-likeness (QED) is 0.150. The number of benzene rings is 10. The molecule has 12 rings (SSSR count). The minimum atomic E-state index is -0.560. The molecule has 0 spiro atoms. The van der Waals surface area contributed by atoms with Crippen molar-refractivity contribution in [2.75, 3.05) is 0 Å². The van der Waals surface area contributed by atoms with Gasteiger partial charge in [0.25, 0.3) is 0 Å². The highest BCUT2D eigenvalue weighted by Crippen LogP contribution is 2.60. The lowest BCUT2D eigenvalue weighted by atomic mass is 9.66. The molecule has 0 amide bonds. The van der Waals surface area contributed by atoms with Crippen LogP contribution in [-0.2, 0) is 10.8 Å². The highest BCUT2D eigenvalue weighted by molar-refractivity contribution is 5.93. The molecule has 68 heavy (non-hydrogen) atoms. The SMILES string of the molecule is Cc1ccc(-c2ccc3c(c2)C(c2ccc(C)cc2)(c2ccc(C)cc2)c2cc(-c4ccc5c(c4)C(c4ccc(C)cc4)(c4ccc(C)cc4)c4cc(-c6ccc(C)cc6)ccc4-5)ccc2-3)cc1. The van der Waals surface area contributed by atoms with Crippen LogP contribution in [0.15, 0.2) is 218 Å². The second-order valence-electron chi connectivity index (χ2n) is 19.7. The average molecular weight is 871 g/mol. The van der Waals surface area contributed by atoms with Gasteiger partial charge in [-0.2, -0.15) is 0 Å². The van der Waals surface area contributed by atoms with Crippen molar-refractivity contribution in [1.29, 1.82) is 0 Å². The Morgan fingerprint density at radius 3 is 0.588 bits per heavy atom. The maximum Gasteiger partial charge on any atom is 0.0714 e. The fourth-order valence-corrected chi connectivity index (χ4v) is 11.6. The zero-order chi connectivity index (χ0) is 46.3. The first kappa shape index (κ1) is 41.6. The smallest absolute Gasteiger partial charge is 0.0590 e. The van der Waals surface area contributed by atoms with Gasteiger partial charge in [0.15, 0.2) is 0 Å². The summed E-state index contributed by atoms with van der Waals surface area (Å²) in [4.78, 5) is 0. The summed E-state index contributed by atoms with van der Waals surface area (Å²) in [5, 5.41) is 0. The van der Waals surface area contributed by atoms with E-state index in [1.807, 2.05) is 0 Å². The Morgan fingerprint density at radius 2 is 0.368 bits per heavy atom. The van der Waals surface area contributed by atoms with Crippen molar-refractivity contribution in [3.8, 4) is 55.6 Å². The summed E-state index contributed by atoms with van der Waals surface area (Å²) >= 11 is 0. The highest BCUT2D eigenvalue weighted by atomic mass is 14.5. The van der Waals surface area contributed by atoms with E-state index in [1.165, 1.54) is 134 Å². The lowest BCUT2D eigenvalue weighted by Gasteiger charge is -2.35. The van der Waals surface area contributed by atoms with Crippen LogP contribution in [0.1, 0.15) is 77.9 Å². The summed E-state index contributed by atoms with van der Waals surface area (Å²) in [6.45, 7) is 13.1. The Balaban J connectivity index is 1.11. The fourth-order valence-electron chi connectivity index (χ4n) is 11.6. The molecule has 0 heteroatoms. The third-order valence-corrected chi connectivity index (χ3v) is 15.3. The van der Waals surface area contributed by atoms with Crippen LogP contribution in [0, 0.1) is 41.5 Å². The summed E-state index contributed by atoms with van der Waals surface area (Å²) < 4.78 is 0. The maximum absolute atomic E-state index is 2.53. The van der Waals surface area contributed by atoms with E-state index in [-0.39, 0.29) is 0 Å². The van der Waals surface area contributed by atoms with Crippen molar-refractivity contribution in [1.82, 2.24) is 0 Å². The van der Waals surface area contributed by atoms with Gasteiger partial charge in [-0.25, -0.2) is 0 Å². The largest absolute Gasteiger partial charge is 0.0714 e. The fraction of sp³-hybridized carbons (Fsp3) is 0.118. The Kier molecular flexibility index (Phi) is 9.75. The molecule has 0 aliphatic heterocycles. The molecular formula is C68H54. The Bertz CT molecular complexity index is 3220. The summed E-state index contributed by atoms with van der Waals surface area (Å²) in [6, 6.07) is 84.2. The highest BCUT2D eigenvalue weighted by Gasteiger charge is 2.48. The van der Waals surface area contributed by atoms with Gasteiger partial charge < -0.3 is 0 Å². The predicted octanol–water partition coefficient (Wildman–Crippen LogP) is 17.3. The molecule has 0 fully saturated rings. The van der Waals surface area contributed by atoms with Gasteiger partial charge in [0, 0.05) is 0 Å². The molecule has 0 unspecified atom stereocenters. The monoisotopic (exact) mass is 870 g/mol. The maximum atomic E-state index is 2.53. The van der Waals surface area contributed by atoms with Crippen molar-refractivity contribution >= 4 is 0 Å². The average Bonchev–Trinajstić information content (AvgIpc) is 3.82. The van der Waals surface area contributed by atoms with Crippen LogP contribution in [0.4, 0.5) is 0 Å². The Morgan fingerprint density at radius 1 is 0.191 bits per heavy atom. The summed E-state index contributed by atoms with van der Waals surface area (Å²) in [6.07, 6.45) is 0.